The van der Waals surface area contributed by atoms with Crippen LogP contribution in [0.3, 0.4) is 0 Å². The number of benzene rings is 1. The summed E-state index contributed by atoms with van der Waals surface area (Å²) in [7, 11) is 1.61. The van der Waals surface area contributed by atoms with Crippen molar-refractivity contribution in [1.29, 1.82) is 0 Å². The summed E-state index contributed by atoms with van der Waals surface area (Å²) < 4.78 is 5.41. The van der Waals surface area contributed by atoms with Crippen LogP contribution in [0, 0.1) is 12.3 Å². The van der Waals surface area contributed by atoms with Gasteiger partial charge in [0.25, 0.3) is 5.91 Å². The minimum Gasteiger partial charge on any atom is -0.496 e. The third-order valence-corrected chi connectivity index (χ3v) is 6.02. The molecule has 3 rings (SSSR count). The summed E-state index contributed by atoms with van der Waals surface area (Å²) in [6.45, 7) is 8.48. The molecule has 1 aromatic rings. The molecule has 1 spiro atoms. The highest BCUT2D eigenvalue weighted by atomic mass is 16.5. The third kappa shape index (κ3) is 3.57. The van der Waals surface area contributed by atoms with E-state index in [0.717, 1.165) is 44.5 Å². The lowest BCUT2D eigenvalue weighted by Crippen LogP contribution is -2.54. The van der Waals surface area contributed by atoms with Crippen molar-refractivity contribution in [2.45, 2.75) is 52.5 Å². The van der Waals surface area contributed by atoms with E-state index in [0.29, 0.717) is 17.7 Å². The zero-order valence-corrected chi connectivity index (χ0v) is 16.4. The van der Waals surface area contributed by atoms with Crippen LogP contribution in [0.25, 0.3) is 0 Å². The zero-order chi connectivity index (χ0) is 18.9. The molecular weight excluding hydrogens is 328 g/mol. The van der Waals surface area contributed by atoms with E-state index in [1.165, 1.54) is 0 Å². The van der Waals surface area contributed by atoms with E-state index < -0.39 is 0 Å². The van der Waals surface area contributed by atoms with Crippen molar-refractivity contribution in [3.63, 3.8) is 0 Å². The van der Waals surface area contributed by atoms with E-state index in [1.807, 2.05) is 34.9 Å². The Kier molecular flexibility index (Phi) is 5.26. The Morgan fingerprint density at radius 2 is 1.88 bits per heavy atom. The van der Waals surface area contributed by atoms with Gasteiger partial charge < -0.3 is 14.5 Å². The van der Waals surface area contributed by atoms with Crippen LogP contribution in [-0.4, -0.2) is 54.4 Å². The quantitative estimate of drug-likeness (QED) is 0.833. The fourth-order valence-corrected chi connectivity index (χ4v) is 4.25. The number of methoxy groups -OCH3 is 1. The molecule has 2 aliphatic heterocycles. The number of rotatable bonds is 3. The molecule has 0 aromatic heterocycles. The van der Waals surface area contributed by atoms with Gasteiger partial charge in [-0.15, -0.1) is 0 Å². The summed E-state index contributed by atoms with van der Waals surface area (Å²) in [6, 6.07) is 5.97. The molecule has 0 radical (unpaired) electrons. The zero-order valence-electron chi connectivity index (χ0n) is 16.4. The van der Waals surface area contributed by atoms with Crippen LogP contribution in [0.15, 0.2) is 18.2 Å². The van der Waals surface area contributed by atoms with Gasteiger partial charge in [-0.05, 0) is 63.1 Å². The fourth-order valence-electron chi connectivity index (χ4n) is 4.25. The van der Waals surface area contributed by atoms with E-state index in [9.17, 15) is 9.59 Å². The van der Waals surface area contributed by atoms with Crippen LogP contribution in [0.1, 0.15) is 55.5 Å². The van der Waals surface area contributed by atoms with Crippen molar-refractivity contribution in [3.05, 3.63) is 29.3 Å². The Labute approximate surface area is 156 Å². The molecule has 0 N–H and O–H groups in total. The molecule has 0 unspecified atom stereocenters. The maximum absolute atomic E-state index is 13.0. The highest BCUT2D eigenvalue weighted by molar-refractivity contribution is 5.97. The lowest BCUT2D eigenvalue weighted by molar-refractivity contribution is -0.141. The van der Waals surface area contributed by atoms with Crippen LogP contribution >= 0.6 is 0 Å². The van der Waals surface area contributed by atoms with Gasteiger partial charge in [-0.1, -0.05) is 6.07 Å². The van der Waals surface area contributed by atoms with E-state index in [1.54, 1.807) is 7.11 Å². The van der Waals surface area contributed by atoms with E-state index in [2.05, 4.69) is 13.8 Å². The van der Waals surface area contributed by atoms with Crippen molar-refractivity contribution in [2.75, 3.05) is 26.7 Å². The number of hydrogen-bond acceptors (Lipinski definition) is 3. The lowest BCUT2D eigenvalue weighted by Gasteiger charge is -2.48. The van der Waals surface area contributed by atoms with Crippen LogP contribution in [0.2, 0.25) is 0 Å². The Balaban J connectivity index is 1.69. The predicted molar refractivity (Wildman–Crippen MR) is 101 cm³/mol. The molecular formula is C21H30N2O3. The number of ether oxygens (including phenoxy) is 1. The summed E-state index contributed by atoms with van der Waals surface area (Å²) in [6.07, 6.45) is 3.51. The van der Waals surface area contributed by atoms with Crippen molar-refractivity contribution in [1.82, 2.24) is 9.80 Å². The third-order valence-electron chi connectivity index (χ3n) is 6.02. The van der Waals surface area contributed by atoms with Crippen molar-refractivity contribution in [2.24, 2.45) is 5.41 Å². The molecule has 0 bridgehead atoms. The normalized spacial score (nSPS) is 20.0. The molecule has 0 aliphatic carbocycles. The summed E-state index contributed by atoms with van der Waals surface area (Å²) in [5, 5.41) is 0. The number of aryl methyl sites for hydroxylation is 1. The lowest BCUT2D eigenvalue weighted by atomic mass is 9.72. The topological polar surface area (TPSA) is 49.9 Å². The molecule has 2 heterocycles. The molecule has 1 aromatic carbocycles. The Morgan fingerprint density at radius 1 is 1.19 bits per heavy atom. The average Bonchev–Trinajstić information content (AvgIpc) is 2.63. The average molecular weight is 358 g/mol. The van der Waals surface area contributed by atoms with Gasteiger partial charge in [0.15, 0.2) is 0 Å². The molecule has 2 saturated heterocycles. The van der Waals surface area contributed by atoms with Gasteiger partial charge in [0.2, 0.25) is 5.91 Å². The van der Waals surface area contributed by atoms with E-state index in [-0.39, 0.29) is 23.3 Å². The fraction of sp³-hybridized carbons (Fsp3) is 0.619. The van der Waals surface area contributed by atoms with E-state index >= 15 is 0 Å². The number of carbonyl (C=O) groups excluding carboxylic acids is 2. The number of nitrogens with zero attached hydrogens (tertiary/aromatic N) is 2. The van der Waals surface area contributed by atoms with Crippen molar-refractivity contribution in [3.8, 4) is 5.75 Å². The largest absolute Gasteiger partial charge is 0.496 e. The first-order valence-corrected chi connectivity index (χ1v) is 9.59. The molecule has 5 nitrogen and oxygen atoms in total. The van der Waals surface area contributed by atoms with Crippen molar-refractivity contribution >= 4 is 11.8 Å². The highest BCUT2D eigenvalue weighted by Gasteiger charge is 2.42. The standard InChI is InChI=1S/C21H30N2O3/c1-15(2)23-14-21(8-7-19(23)24)9-11-22(12-10-21)20(25)17-6-5-16(3)13-18(17)26-4/h5-6,13,15H,7-12,14H2,1-4H3. The van der Waals surface area contributed by atoms with Gasteiger partial charge in [0.1, 0.15) is 5.75 Å². The molecule has 0 atom stereocenters. The van der Waals surface area contributed by atoms with Crippen LogP contribution in [-0.2, 0) is 4.79 Å². The first kappa shape index (κ1) is 18.7. The van der Waals surface area contributed by atoms with Crippen LogP contribution in [0.4, 0.5) is 0 Å². The second-order valence-electron chi connectivity index (χ2n) is 8.11. The minimum absolute atomic E-state index is 0.0456. The summed E-state index contributed by atoms with van der Waals surface area (Å²) in [5.41, 5.74) is 1.89. The maximum atomic E-state index is 13.0. The second-order valence-corrected chi connectivity index (χ2v) is 8.11. The smallest absolute Gasteiger partial charge is 0.257 e. The number of piperidine rings is 2. The summed E-state index contributed by atoms with van der Waals surface area (Å²) in [4.78, 5) is 29.1. The number of carbonyl (C=O) groups is 2. The van der Waals surface area contributed by atoms with Gasteiger partial charge in [-0.25, -0.2) is 0 Å². The number of hydrogen-bond donors (Lipinski definition) is 0. The Bertz CT molecular complexity index is 690. The number of likely N-dealkylation sites (tertiary alicyclic amines) is 2. The SMILES string of the molecule is COc1cc(C)ccc1C(=O)N1CCC2(CCC(=O)N(C(C)C)C2)CC1. The maximum Gasteiger partial charge on any atom is 0.257 e. The molecule has 2 aliphatic rings. The first-order chi connectivity index (χ1) is 12.3. The minimum atomic E-state index is 0.0456. The van der Waals surface area contributed by atoms with Gasteiger partial charge >= 0.3 is 0 Å². The summed E-state index contributed by atoms with van der Waals surface area (Å²) >= 11 is 0. The first-order valence-electron chi connectivity index (χ1n) is 9.59. The Hall–Kier alpha value is -2.04. The van der Waals surface area contributed by atoms with Gasteiger partial charge in [-0.2, -0.15) is 0 Å². The van der Waals surface area contributed by atoms with Crippen LogP contribution in [0.5, 0.6) is 5.75 Å². The van der Waals surface area contributed by atoms with Crippen molar-refractivity contribution < 1.29 is 14.3 Å². The monoisotopic (exact) mass is 358 g/mol. The van der Waals surface area contributed by atoms with Gasteiger partial charge in [0, 0.05) is 32.1 Å². The molecule has 142 valence electrons. The molecule has 2 fully saturated rings. The Morgan fingerprint density at radius 3 is 2.50 bits per heavy atom. The van der Waals surface area contributed by atoms with Crippen LogP contribution < -0.4 is 4.74 Å². The molecule has 5 heteroatoms. The molecule has 0 saturated carbocycles. The van der Waals surface area contributed by atoms with Gasteiger partial charge in [0.05, 0.1) is 12.7 Å². The predicted octanol–water partition coefficient (Wildman–Crippen LogP) is 3.26. The molecule has 2 amide bonds. The second kappa shape index (κ2) is 7.29. The number of amides is 2. The van der Waals surface area contributed by atoms with Gasteiger partial charge in [-0.3, -0.25) is 9.59 Å². The highest BCUT2D eigenvalue weighted by Crippen LogP contribution is 2.41. The van der Waals surface area contributed by atoms with E-state index in [4.69, 9.17) is 4.74 Å². The molecule has 26 heavy (non-hydrogen) atoms. The summed E-state index contributed by atoms with van der Waals surface area (Å²) in [5.74, 6) is 0.961.